The van der Waals surface area contributed by atoms with Crippen molar-refractivity contribution in [1.29, 1.82) is 0 Å². The molecule has 0 saturated carbocycles. The first-order chi connectivity index (χ1) is 9.20. The van der Waals surface area contributed by atoms with Gasteiger partial charge >= 0.3 is 0 Å². The highest BCUT2D eigenvalue weighted by atomic mass is 79.9. The summed E-state index contributed by atoms with van der Waals surface area (Å²) < 4.78 is 0. The SMILES string of the molecule is O=C(Cc1ccccc1O)N1CCN(CCBr)CC1. The third-order valence-corrected chi connectivity index (χ3v) is 3.81. The van der Waals surface area contributed by atoms with Gasteiger partial charge in [-0.1, -0.05) is 34.1 Å². The number of amides is 1. The first-order valence-corrected chi connectivity index (χ1v) is 7.66. The van der Waals surface area contributed by atoms with E-state index in [-0.39, 0.29) is 18.1 Å². The van der Waals surface area contributed by atoms with Crippen LogP contribution in [0.1, 0.15) is 5.56 Å². The van der Waals surface area contributed by atoms with Crippen molar-refractivity contribution < 1.29 is 9.90 Å². The van der Waals surface area contributed by atoms with Gasteiger partial charge in [-0.3, -0.25) is 9.69 Å². The maximum Gasteiger partial charge on any atom is 0.227 e. The van der Waals surface area contributed by atoms with Crippen LogP contribution in [0.4, 0.5) is 0 Å². The lowest BCUT2D eigenvalue weighted by Crippen LogP contribution is -2.49. The van der Waals surface area contributed by atoms with Crippen LogP contribution >= 0.6 is 15.9 Å². The summed E-state index contributed by atoms with van der Waals surface area (Å²) >= 11 is 3.43. The Labute approximate surface area is 122 Å². The van der Waals surface area contributed by atoms with Gasteiger partial charge < -0.3 is 10.0 Å². The second-order valence-electron chi connectivity index (χ2n) is 4.72. The quantitative estimate of drug-likeness (QED) is 0.852. The molecular formula is C14H19BrN2O2. The van der Waals surface area contributed by atoms with Crippen LogP contribution in [-0.4, -0.2) is 58.9 Å². The topological polar surface area (TPSA) is 43.8 Å². The lowest BCUT2D eigenvalue weighted by Gasteiger charge is -2.34. The Kier molecular flexibility index (Phi) is 5.22. The number of alkyl halides is 1. The largest absolute Gasteiger partial charge is 0.508 e. The van der Waals surface area contributed by atoms with Crippen LogP contribution in [-0.2, 0) is 11.2 Å². The van der Waals surface area contributed by atoms with Gasteiger partial charge in [-0.25, -0.2) is 0 Å². The van der Waals surface area contributed by atoms with Crippen LogP contribution < -0.4 is 0 Å². The van der Waals surface area contributed by atoms with Gasteiger partial charge in [-0.15, -0.1) is 0 Å². The molecule has 1 aliphatic heterocycles. The first-order valence-electron chi connectivity index (χ1n) is 6.53. The minimum atomic E-state index is 0.0972. The Bertz CT molecular complexity index is 431. The van der Waals surface area contributed by atoms with Crippen LogP contribution in [0.5, 0.6) is 5.75 Å². The van der Waals surface area contributed by atoms with E-state index in [0.29, 0.717) is 5.56 Å². The second kappa shape index (κ2) is 6.91. The molecule has 0 spiro atoms. The van der Waals surface area contributed by atoms with Crippen LogP contribution in [0.25, 0.3) is 0 Å². The summed E-state index contributed by atoms with van der Waals surface area (Å²) in [5.74, 6) is 0.300. The van der Waals surface area contributed by atoms with Crippen LogP contribution in [0.3, 0.4) is 0 Å². The summed E-state index contributed by atoms with van der Waals surface area (Å²) in [7, 11) is 0. The van der Waals surface area contributed by atoms with Gasteiger partial charge in [0.05, 0.1) is 6.42 Å². The van der Waals surface area contributed by atoms with Crippen LogP contribution in [0, 0.1) is 0 Å². The molecule has 2 rings (SSSR count). The average molecular weight is 327 g/mol. The molecule has 1 saturated heterocycles. The molecule has 104 valence electrons. The minimum absolute atomic E-state index is 0.0972. The molecular weight excluding hydrogens is 308 g/mol. The number of aromatic hydroxyl groups is 1. The van der Waals surface area contributed by atoms with Gasteiger partial charge in [-0.2, -0.15) is 0 Å². The normalized spacial score (nSPS) is 16.6. The molecule has 0 aromatic heterocycles. The molecule has 1 fully saturated rings. The van der Waals surface area contributed by atoms with E-state index in [2.05, 4.69) is 20.8 Å². The number of benzene rings is 1. The van der Waals surface area contributed by atoms with Crippen molar-refractivity contribution in [1.82, 2.24) is 9.80 Å². The molecule has 1 amide bonds. The predicted octanol–water partition coefficient (Wildman–Crippen LogP) is 1.47. The fourth-order valence-corrected chi connectivity index (χ4v) is 2.78. The first kappa shape index (κ1) is 14.3. The van der Waals surface area contributed by atoms with Gasteiger partial charge in [0.1, 0.15) is 5.75 Å². The van der Waals surface area contributed by atoms with E-state index in [4.69, 9.17) is 0 Å². The predicted molar refractivity (Wildman–Crippen MR) is 78.6 cm³/mol. The number of carbonyl (C=O) groups excluding carboxylic acids is 1. The lowest BCUT2D eigenvalue weighted by atomic mass is 10.1. The molecule has 0 atom stereocenters. The van der Waals surface area contributed by atoms with E-state index in [1.54, 1.807) is 18.2 Å². The fourth-order valence-electron chi connectivity index (χ4n) is 2.28. The molecule has 4 nitrogen and oxygen atoms in total. The van der Waals surface area contributed by atoms with Crippen molar-refractivity contribution >= 4 is 21.8 Å². The van der Waals surface area contributed by atoms with Crippen LogP contribution in [0.2, 0.25) is 0 Å². The van der Waals surface area contributed by atoms with Crippen molar-refractivity contribution in [3.63, 3.8) is 0 Å². The molecule has 19 heavy (non-hydrogen) atoms. The van der Waals surface area contributed by atoms with Crippen molar-refractivity contribution in [3.8, 4) is 5.75 Å². The van der Waals surface area contributed by atoms with Gasteiger partial charge in [0.15, 0.2) is 0 Å². The highest BCUT2D eigenvalue weighted by Gasteiger charge is 2.21. The minimum Gasteiger partial charge on any atom is -0.508 e. The van der Waals surface area contributed by atoms with Crippen LogP contribution in [0.15, 0.2) is 24.3 Å². The van der Waals surface area contributed by atoms with Gasteiger partial charge in [0, 0.05) is 43.6 Å². The Hall–Kier alpha value is -1.07. The summed E-state index contributed by atoms with van der Waals surface area (Å²) in [5, 5.41) is 10.7. The zero-order valence-electron chi connectivity index (χ0n) is 10.9. The number of phenolic OH excluding ortho intramolecular Hbond substituents is 1. The summed E-state index contributed by atoms with van der Waals surface area (Å²) in [6, 6.07) is 7.03. The molecule has 1 aliphatic rings. The highest BCUT2D eigenvalue weighted by molar-refractivity contribution is 9.09. The maximum atomic E-state index is 12.2. The Morgan fingerprint density at radius 1 is 1.21 bits per heavy atom. The molecule has 0 bridgehead atoms. The number of halogens is 1. The number of piperazine rings is 1. The van der Waals surface area contributed by atoms with E-state index in [0.717, 1.165) is 38.1 Å². The third kappa shape index (κ3) is 3.94. The zero-order valence-corrected chi connectivity index (χ0v) is 12.5. The number of carbonyl (C=O) groups is 1. The third-order valence-electron chi connectivity index (χ3n) is 3.46. The Morgan fingerprint density at radius 3 is 2.53 bits per heavy atom. The number of hydrogen-bond acceptors (Lipinski definition) is 3. The highest BCUT2D eigenvalue weighted by Crippen LogP contribution is 2.17. The molecule has 0 aliphatic carbocycles. The van der Waals surface area contributed by atoms with Crippen molar-refractivity contribution in [2.24, 2.45) is 0 Å². The van der Waals surface area contributed by atoms with Gasteiger partial charge in [-0.05, 0) is 6.07 Å². The molecule has 0 unspecified atom stereocenters. The molecule has 0 radical (unpaired) electrons. The number of nitrogens with zero attached hydrogens (tertiary/aromatic N) is 2. The Balaban J connectivity index is 1.87. The van der Waals surface area contributed by atoms with Crippen molar-refractivity contribution in [2.75, 3.05) is 38.1 Å². The van der Waals surface area contributed by atoms with E-state index in [1.807, 2.05) is 11.0 Å². The summed E-state index contributed by atoms with van der Waals surface area (Å²) in [5.41, 5.74) is 0.704. The zero-order chi connectivity index (χ0) is 13.7. The van der Waals surface area contributed by atoms with E-state index in [9.17, 15) is 9.90 Å². The number of rotatable bonds is 4. The second-order valence-corrected chi connectivity index (χ2v) is 5.51. The van der Waals surface area contributed by atoms with E-state index in [1.165, 1.54) is 0 Å². The average Bonchev–Trinajstić information content (AvgIpc) is 2.42. The van der Waals surface area contributed by atoms with Gasteiger partial charge in [0.25, 0.3) is 0 Å². The van der Waals surface area contributed by atoms with Gasteiger partial charge in [0.2, 0.25) is 5.91 Å². The number of para-hydroxylation sites is 1. The number of hydrogen-bond donors (Lipinski definition) is 1. The Morgan fingerprint density at radius 2 is 1.89 bits per heavy atom. The summed E-state index contributed by atoms with van der Waals surface area (Å²) in [6.07, 6.45) is 0.283. The van der Waals surface area contributed by atoms with E-state index < -0.39 is 0 Å². The summed E-state index contributed by atoms with van der Waals surface area (Å²) in [6.45, 7) is 4.44. The monoisotopic (exact) mass is 326 g/mol. The fraction of sp³-hybridized carbons (Fsp3) is 0.500. The standard InChI is InChI=1S/C14H19BrN2O2/c15-5-6-16-7-9-17(10-8-16)14(19)11-12-3-1-2-4-13(12)18/h1-4,18H,5-11H2. The molecule has 5 heteroatoms. The number of phenols is 1. The molecule has 1 heterocycles. The van der Waals surface area contributed by atoms with E-state index >= 15 is 0 Å². The molecule has 1 N–H and O–H groups in total. The van der Waals surface area contributed by atoms with Crippen molar-refractivity contribution in [3.05, 3.63) is 29.8 Å². The lowest BCUT2D eigenvalue weighted by molar-refractivity contribution is -0.132. The molecule has 1 aromatic carbocycles. The summed E-state index contributed by atoms with van der Waals surface area (Å²) in [4.78, 5) is 16.4. The molecule has 1 aromatic rings. The maximum absolute atomic E-state index is 12.2. The van der Waals surface area contributed by atoms with Crippen molar-refractivity contribution in [2.45, 2.75) is 6.42 Å². The smallest absolute Gasteiger partial charge is 0.227 e.